The molecule has 0 bridgehead atoms. The Balaban J connectivity index is 1.68. The number of anilines is 1. The molecule has 0 aliphatic carbocycles. The summed E-state index contributed by atoms with van der Waals surface area (Å²) in [6.45, 7) is 2.72. The number of hydrogen-bond donors (Lipinski definition) is 1. The van der Waals surface area contributed by atoms with Crippen molar-refractivity contribution in [2.24, 2.45) is 0 Å². The number of carbonyl (C=O) groups is 1. The van der Waals surface area contributed by atoms with Crippen LogP contribution in [0.4, 0.5) is 5.69 Å². The minimum absolute atomic E-state index is 0.279. The van der Waals surface area contributed by atoms with E-state index in [1.165, 1.54) is 17.4 Å². The fourth-order valence-electron chi connectivity index (χ4n) is 2.11. The molecule has 5 nitrogen and oxygen atoms in total. The van der Waals surface area contributed by atoms with Crippen molar-refractivity contribution in [2.75, 3.05) is 5.32 Å². The molecule has 2 heterocycles. The van der Waals surface area contributed by atoms with Gasteiger partial charge in [0.1, 0.15) is 0 Å². The second-order valence-corrected chi connectivity index (χ2v) is 4.85. The van der Waals surface area contributed by atoms with Crippen molar-refractivity contribution in [2.45, 2.75) is 13.5 Å². The summed E-state index contributed by atoms with van der Waals surface area (Å²) < 4.78 is 6.83. The Hall–Kier alpha value is -2.82. The molecule has 0 aliphatic rings. The Kier molecular flexibility index (Phi) is 3.55. The summed E-state index contributed by atoms with van der Waals surface area (Å²) in [4.78, 5) is 11.8. The number of amides is 1. The third-order valence-corrected chi connectivity index (χ3v) is 3.06. The van der Waals surface area contributed by atoms with Gasteiger partial charge in [0.05, 0.1) is 24.7 Å². The van der Waals surface area contributed by atoms with Crippen LogP contribution in [0.5, 0.6) is 0 Å². The Labute approximate surface area is 122 Å². The van der Waals surface area contributed by atoms with Crippen LogP contribution in [0.2, 0.25) is 0 Å². The second-order valence-electron chi connectivity index (χ2n) is 4.85. The summed E-state index contributed by atoms with van der Waals surface area (Å²) in [5, 5.41) is 6.99. The van der Waals surface area contributed by atoms with Crippen molar-refractivity contribution in [3.63, 3.8) is 0 Å². The molecule has 106 valence electrons. The van der Waals surface area contributed by atoms with Gasteiger partial charge in [-0.15, -0.1) is 0 Å². The van der Waals surface area contributed by atoms with Crippen molar-refractivity contribution in [3.05, 3.63) is 71.9 Å². The van der Waals surface area contributed by atoms with Crippen LogP contribution in [-0.4, -0.2) is 15.7 Å². The molecule has 3 rings (SSSR count). The smallest absolute Gasteiger partial charge is 0.291 e. The van der Waals surface area contributed by atoms with E-state index >= 15 is 0 Å². The first kappa shape index (κ1) is 13.2. The molecular weight excluding hydrogens is 266 g/mol. The Morgan fingerprint density at radius 3 is 3.00 bits per heavy atom. The fourth-order valence-corrected chi connectivity index (χ4v) is 2.11. The largest absolute Gasteiger partial charge is 0.459 e. The van der Waals surface area contributed by atoms with E-state index in [0.717, 1.165) is 0 Å². The van der Waals surface area contributed by atoms with Crippen LogP contribution < -0.4 is 5.32 Å². The van der Waals surface area contributed by atoms with Gasteiger partial charge in [-0.3, -0.25) is 9.48 Å². The number of aromatic nitrogens is 2. The zero-order valence-electron chi connectivity index (χ0n) is 11.6. The quantitative estimate of drug-likeness (QED) is 0.799. The van der Waals surface area contributed by atoms with Crippen LogP contribution in [-0.2, 0) is 6.54 Å². The molecule has 0 unspecified atom stereocenters. The average Bonchev–Trinajstić information content (AvgIpc) is 3.10. The lowest BCUT2D eigenvalue weighted by Gasteiger charge is -2.03. The third kappa shape index (κ3) is 3.20. The predicted molar refractivity (Wildman–Crippen MR) is 79.2 cm³/mol. The maximum absolute atomic E-state index is 11.8. The molecule has 0 radical (unpaired) electrons. The molecule has 5 heteroatoms. The summed E-state index contributed by atoms with van der Waals surface area (Å²) >= 11 is 0. The molecule has 0 aliphatic heterocycles. The van der Waals surface area contributed by atoms with Crippen molar-refractivity contribution < 1.29 is 9.21 Å². The SMILES string of the molecule is Cc1cccc(Cn2cc(NC(=O)c3ccco3)cn2)c1. The number of nitrogens with one attached hydrogen (secondary N) is 1. The molecule has 0 spiro atoms. The van der Waals surface area contributed by atoms with E-state index < -0.39 is 0 Å². The average molecular weight is 281 g/mol. The van der Waals surface area contributed by atoms with E-state index in [0.29, 0.717) is 12.2 Å². The Morgan fingerprint density at radius 2 is 2.24 bits per heavy atom. The maximum Gasteiger partial charge on any atom is 0.291 e. The van der Waals surface area contributed by atoms with Gasteiger partial charge in [-0.25, -0.2) is 0 Å². The molecule has 0 atom stereocenters. The summed E-state index contributed by atoms with van der Waals surface area (Å²) in [6, 6.07) is 11.5. The number of benzene rings is 1. The predicted octanol–water partition coefficient (Wildman–Crippen LogP) is 3.09. The lowest BCUT2D eigenvalue weighted by molar-refractivity contribution is 0.0996. The van der Waals surface area contributed by atoms with Crippen molar-refractivity contribution >= 4 is 11.6 Å². The van der Waals surface area contributed by atoms with E-state index in [2.05, 4.69) is 35.5 Å². The topological polar surface area (TPSA) is 60.1 Å². The minimum Gasteiger partial charge on any atom is -0.459 e. The van der Waals surface area contributed by atoms with Crippen LogP contribution >= 0.6 is 0 Å². The normalized spacial score (nSPS) is 10.5. The van der Waals surface area contributed by atoms with E-state index in [1.807, 2.05) is 6.07 Å². The molecule has 3 aromatic rings. The highest BCUT2D eigenvalue weighted by Gasteiger charge is 2.09. The molecule has 21 heavy (non-hydrogen) atoms. The van der Waals surface area contributed by atoms with Gasteiger partial charge in [-0.1, -0.05) is 29.8 Å². The number of hydrogen-bond acceptors (Lipinski definition) is 3. The number of aryl methyl sites for hydroxylation is 1. The summed E-state index contributed by atoms with van der Waals surface area (Å²) in [5.74, 6) is -0.00320. The van der Waals surface area contributed by atoms with Gasteiger partial charge in [0, 0.05) is 6.20 Å². The van der Waals surface area contributed by atoms with Crippen LogP contribution in [0.15, 0.2) is 59.5 Å². The zero-order chi connectivity index (χ0) is 14.7. The second kappa shape index (κ2) is 5.66. The van der Waals surface area contributed by atoms with Gasteiger partial charge in [0.25, 0.3) is 5.91 Å². The van der Waals surface area contributed by atoms with Gasteiger partial charge in [-0.05, 0) is 24.6 Å². The molecule has 0 fully saturated rings. The van der Waals surface area contributed by atoms with Crippen molar-refractivity contribution in [3.8, 4) is 0 Å². The highest BCUT2D eigenvalue weighted by molar-refractivity contribution is 6.02. The number of furan rings is 1. The number of carbonyl (C=O) groups excluding carboxylic acids is 1. The van der Waals surface area contributed by atoms with Crippen molar-refractivity contribution in [1.29, 1.82) is 0 Å². The van der Waals surface area contributed by atoms with Crippen LogP contribution in [0, 0.1) is 6.92 Å². The number of rotatable bonds is 4. The monoisotopic (exact) mass is 281 g/mol. The van der Waals surface area contributed by atoms with Gasteiger partial charge < -0.3 is 9.73 Å². The summed E-state index contributed by atoms with van der Waals surface area (Å²) in [5.41, 5.74) is 3.03. The standard InChI is InChI=1S/C16H15N3O2/c1-12-4-2-5-13(8-12)10-19-11-14(9-17-19)18-16(20)15-6-3-7-21-15/h2-9,11H,10H2,1H3,(H,18,20). The van der Waals surface area contributed by atoms with Crippen molar-refractivity contribution in [1.82, 2.24) is 9.78 Å². The molecule has 0 saturated heterocycles. The molecule has 2 aromatic heterocycles. The van der Waals surface area contributed by atoms with Crippen LogP contribution in [0.25, 0.3) is 0 Å². The highest BCUT2D eigenvalue weighted by atomic mass is 16.3. The lowest BCUT2D eigenvalue weighted by Crippen LogP contribution is -2.10. The molecule has 1 amide bonds. The number of nitrogens with zero attached hydrogens (tertiary/aromatic N) is 2. The zero-order valence-corrected chi connectivity index (χ0v) is 11.6. The first-order valence-corrected chi connectivity index (χ1v) is 6.63. The highest BCUT2D eigenvalue weighted by Crippen LogP contribution is 2.11. The van der Waals surface area contributed by atoms with Crippen LogP contribution in [0.1, 0.15) is 21.7 Å². The summed E-state index contributed by atoms with van der Waals surface area (Å²) in [6.07, 6.45) is 4.88. The first-order valence-electron chi connectivity index (χ1n) is 6.63. The lowest BCUT2D eigenvalue weighted by atomic mass is 10.1. The Bertz CT molecular complexity index is 744. The molecule has 1 aromatic carbocycles. The Morgan fingerprint density at radius 1 is 1.33 bits per heavy atom. The fraction of sp³-hybridized carbons (Fsp3) is 0.125. The third-order valence-electron chi connectivity index (χ3n) is 3.06. The molecule has 1 N–H and O–H groups in total. The first-order chi connectivity index (χ1) is 10.2. The van der Waals surface area contributed by atoms with Gasteiger partial charge in [0.2, 0.25) is 0 Å². The maximum atomic E-state index is 11.8. The minimum atomic E-state index is -0.282. The van der Waals surface area contributed by atoms with Gasteiger partial charge in [-0.2, -0.15) is 5.10 Å². The summed E-state index contributed by atoms with van der Waals surface area (Å²) in [7, 11) is 0. The van der Waals surface area contributed by atoms with E-state index in [9.17, 15) is 4.79 Å². The molecule has 0 saturated carbocycles. The van der Waals surface area contributed by atoms with Gasteiger partial charge in [0.15, 0.2) is 5.76 Å². The van der Waals surface area contributed by atoms with E-state index in [-0.39, 0.29) is 11.7 Å². The van der Waals surface area contributed by atoms with Crippen LogP contribution in [0.3, 0.4) is 0 Å². The molecular formula is C16H15N3O2. The van der Waals surface area contributed by atoms with E-state index in [4.69, 9.17) is 4.42 Å². The van der Waals surface area contributed by atoms with Gasteiger partial charge >= 0.3 is 0 Å². The van der Waals surface area contributed by atoms with E-state index in [1.54, 1.807) is 29.2 Å².